The fourth-order valence-electron chi connectivity index (χ4n) is 1.76. The average molecular weight is 274 g/mol. The molecule has 0 atom stereocenters. The molecular weight excluding hydrogens is 256 g/mol. The highest BCUT2D eigenvalue weighted by Gasteiger charge is 2.22. The van der Waals surface area contributed by atoms with Gasteiger partial charge >= 0.3 is 5.97 Å². The molecule has 0 bridgehead atoms. The van der Waals surface area contributed by atoms with Crippen molar-refractivity contribution >= 4 is 11.9 Å². The van der Waals surface area contributed by atoms with Gasteiger partial charge in [-0.3, -0.25) is 9.59 Å². The lowest BCUT2D eigenvalue weighted by atomic mass is 10.1. The van der Waals surface area contributed by atoms with E-state index in [4.69, 9.17) is 5.26 Å². The van der Waals surface area contributed by atoms with Crippen LogP contribution in [0.3, 0.4) is 0 Å². The van der Waals surface area contributed by atoms with E-state index in [0.717, 1.165) is 5.56 Å². The summed E-state index contributed by atoms with van der Waals surface area (Å²) in [6, 6.07) is 8.80. The highest BCUT2D eigenvalue weighted by atomic mass is 16.5. The summed E-state index contributed by atoms with van der Waals surface area (Å²) in [7, 11) is 1.29. The topological polar surface area (TPSA) is 70.4 Å². The summed E-state index contributed by atoms with van der Waals surface area (Å²) >= 11 is 0. The first-order chi connectivity index (χ1) is 9.49. The maximum absolute atomic E-state index is 12.4. The van der Waals surface area contributed by atoms with Crippen LogP contribution < -0.4 is 0 Å². The zero-order valence-corrected chi connectivity index (χ0v) is 11.9. The van der Waals surface area contributed by atoms with Crippen molar-refractivity contribution in [3.05, 3.63) is 35.4 Å². The molecule has 0 saturated carbocycles. The highest BCUT2D eigenvalue weighted by Crippen LogP contribution is 2.11. The molecule has 1 rings (SSSR count). The summed E-state index contributed by atoms with van der Waals surface area (Å²) in [5.41, 5.74) is 1.25. The van der Waals surface area contributed by atoms with Crippen LogP contribution in [0.5, 0.6) is 0 Å². The second kappa shape index (κ2) is 7.29. The Hall–Kier alpha value is -2.35. The zero-order valence-electron chi connectivity index (χ0n) is 11.9. The molecule has 0 aliphatic heterocycles. The molecule has 20 heavy (non-hydrogen) atoms. The van der Waals surface area contributed by atoms with Crippen LogP contribution in [0.1, 0.15) is 29.8 Å². The van der Waals surface area contributed by atoms with Crippen LogP contribution in [0.4, 0.5) is 0 Å². The van der Waals surface area contributed by atoms with Crippen LogP contribution >= 0.6 is 0 Å². The Morgan fingerprint density at radius 3 is 2.65 bits per heavy atom. The molecule has 0 heterocycles. The van der Waals surface area contributed by atoms with Gasteiger partial charge in [-0.05, 0) is 31.5 Å². The molecule has 0 spiro atoms. The number of rotatable bonds is 5. The first-order valence-electron chi connectivity index (χ1n) is 6.33. The number of hydrogen-bond acceptors (Lipinski definition) is 4. The van der Waals surface area contributed by atoms with Gasteiger partial charge in [-0.1, -0.05) is 12.1 Å². The van der Waals surface area contributed by atoms with Crippen LogP contribution in [0, 0.1) is 11.3 Å². The SMILES string of the molecule is COC(=O)CN(C(=O)c1cccc(CC#N)c1)C(C)C. The van der Waals surface area contributed by atoms with Gasteiger partial charge in [-0.25, -0.2) is 0 Å². The standard InChI is InChI=1S/C15H18N2O3/c1-11(2)17(10-14(18)20-3)15(19)13-6-4-5-12(9-13)7-8-16/h4-6,9,11H,7,10H2,1-3H3. The number of nitriles is 1. The van der Waals surface area contributed by atoms with Crippen molar-refractivity contribution in [2.75, 3.05) is 13.7 Å². The predicted octanol–water partition coefficient (Wildman–Crippen LogP) is 1.78. The molecule has 0 fully saturated rings. The first-order valence-corrected chi connectivity index (χ1v) is 6.33. The number of carbonyl (C=O) groups is 2. The lowest BCUT2D eigenvalue weighted by Gasteiger charge is -2.25. The lowest BCUT2D eigenvalue weighted by molar-refractivity contribution is -0.141. The zero-order chi connectivity index (χ0) is 15.1. The van der Waals surface area contributed by atoms with E-state index in [-0.39, 0.29) is 24.9 Å². The third kappa shape index (κ3) is 4.09. The molecule has 0 radical (unpaired) electrons. The van der Waals surface area contributed by atoms with E-state index in [9.17, 15) is 9.59 Å². The van der Waals surface area contributed by atoms with Crippen LogP contribution in [0.15, 0.2) is 24.3 Å². The molecule has 1 aromatic rings. The second-order valence-electron chi connectivity index (χ2n) is 4.64. The van der Waals surface area contributed by atoms with Crippen LogP contribution in [-0.2, 0) is 16.0 Å². The number of ether oxygens (including phenoxy) is 1. The molecule has 0 aliphatic carbocycles. The van der Waals surface area contributed by atoms with Crippen molar-refractivity contribution in [1.29, 1.82) is 5.26 Å². The Labute approximate surface area is 118 Å². The van der Waals surface area contributed by atoms with E-state index in [1.54, 1.807) is 24.3 Å². The molecule has 1 aromatic carbocycles. The monoisotopic (exact) mass is 274 g/mol. The summed E-state index contributed by atoms with van der Waals surface area (Å²) in [6.45, 7) is 3.58. The van der Waals surface area contributed by atoms with E-state index in [1.807, 2.05) is 19.9 Å². The Balaban J connectivity index is 2.97. The van der Waals surface area contributed by atoms with Gasteiger partial charge in [0.05, 0.1) is 19.6 Å². The van der Waals surface area contributed by atoms with Crippen molar-refractivity contribution < 1.29 is 14.3 Å². The van der Waals surface area contributed by atoms with Gasteiger partial charge in [0.1, 0.15) is 6.54 Å². The number of esters is 1. The molecule has 0 N–H and O–H groups in total. The smallest absolute Gasteiger partial charge is 0.325 e. The summed E-state index contributed by atoms with van der Waals surface area (Å²) in [5, 5.41) is 8.69. The summed E-state index contributed by atoms with van der Waals surface area (Å²) < 4.78 is 4.60. The molecule has 0 saturated heterocycles. The average Bonchev–Trinajstić information content (AvgIpc) is 2.44. The fourth-order valence-corrected chi connectivity index (χ4v) is 1.76. The van der Waals surface area contributed by atoms with Gasteiger partial charge in [0.25, 0.3) is 5.91 Å². The first kappa shape index (κ1) is 15.7. The Morgan fingerprint density at radius 1 is 1.40 bits per heavy atom. The summed E-state index contributed by atoms with van der Waals surface area (Å²) in [4.78, 5) is 25.2. The Morgan fingerprint density at radius 2 is 2.10 bits per heavy atom. The number of methoxy groups -OCH3 is 1. The fraction of sp³-hybridized carbons (Fsp3) is 0.400. The molecular formula is C15H18N2O3. The van der Waals surface area contributed by atoms with Crippen molar-refractivity contribution in [1.82, 2.24) is 4.90 Å². The van der Waals surface area contributed by atoms with Crippen molar-refractivity contribution in [2.45, 2.75) is 26.3 Å². The largest absolute Gasteiger partial charge is 0.468 e. The maximum atomic E-state index is 12.4. The van der Waals surface area contributed by atoms with Crippen molar-refractivity contribution in [3.8, 4) is 6.07 Å². The van der Waals surface area contributed by atoms with Gasteiger partial charge in [-0.15, -0.1) is 0 Å². The molecule has 0 aliphatic rings. The third-order valence-corrected chi connectivity index (χ3v) is 2.87. The molecule has 106 valence electrons. The van der Waals surface area contributed by atoms with E-state index >= 15 is 0 Å². The third-order valence-electron chi connectivity index (χ3n) is 2.87. The predicted molar refractivity (Wildman–Crippen MR) is 73.9 cm³/mol. The lowest BCUT2D eigenvalue weighted by Crippen LogP contribution is -2.41. The number of amides is 1. The van der Waals surface area contributed by atoms with Crippen LogP contribution in [0.25, 0.3) is 0 Å². The molecule has 0 aromatic heterocycles. The number of carbonyl (C=O) groups excluding carboxylic acids is 2. The van der Waals surface area contributed by atoms with E-state index in [1.165, 1.54) is 12.0 Å². The van der Waals surface area contributed by atoms with Gasteiger partial charge in [-0.2, -0.15) is 5.26 Å². The van der Waals surface area contributed by atoms with Gasteiger partial charge in [0, 0.05) is 11.6 Å². The normalized spacial score (nSPS) is 9.95. The van der Waals surface area contributed by atoms with Crippen molar-refractivity contribution in [3.63, 3.8) is 0 Å². The number of benzene rings is 1. The van der Waals surface area contributed by atoms with Gasteiger partial charge < -0.3 is 9.64 Å². The summed E-state index contributed by atoms with van der Waals surface area (Å²) in [5.74, 6) is -0.703. The van der Waals surface area contributed by atoms with Gasteiger partial charge in [0.2, 0.25) is 0 Å². The number of hydrogen-bond donors (Lipinski definition) is 0. The molecule has 1 amide bonds. The molecule has 0 unspecified atom stereocenters. The van der Waals surface area contributed by atoms with E-state index in [0.29, 0.717) is 5.56 Å². The second-order valence-corrected chi connectivity index (χ2v) is 4.64. The van der Waals surface area contributed by atoms with E-state index in [2.05, 4.69) is 4.74 Å². The maximum Gasteiger partial charge on any atom is 0.325 e. The van der Waals surface area contributed by atoms with Gasteiger partial charge in [0.15, 0.2) is 0 Å². The summed E-state index contributed by atoms with van der Waals surface area (Å²) in [6.07, 6.45) is 0.250. The Kier molecular flexibility index (Phi) is 5.73. The van der Waals surface area contributed by atoms with Crippen molar-refractivity contribution in [2.24, 2.45) is 0 Å². The van der Waals surface area contributed by atoms with E-state index < -0.39 is 5.97 Å². The molecule has 5 nitrogen and oxygen atoms in total. The van der Waals surface area contributed by atoms with Crippen LogP contribution in [0.2, 0.25) is 0 Å². The van der Waals surface area contributed by atoms with Crippen LogP contribution in [-0.4, -0.2) is 36.5 Å². The number of nitrogens with zero attached hydrogens (tertiary/aromatic N) is 2. The minimum atomic E-state index is -0.458. The minimum absolute atomic E-state index is 0.0878. The Bertz CT molecular complexity index is 532. The minimum Gasteiger partial charge on any atom is -0.468 e. The molecule has 5 heteroatoms. The highest BCUT2D eigenvalue weighted by molar-refractivity contribution is 5.96. The quantitative estimate of drug-likeness (QED) is 0.767.